The minimum absolute atomic E-state index is 0.0749. The molecule has 57 heavy (non-hydrogen) atoms. The number of hydrogen-bond donors (Lipinski definition) is 4. The maximum absolute atomic E-state index is 12.8. The highest BCUT2D eigenvalue weighted by atomic mass is 31.2. The molecule has 334 valence electrons. The molecule has 0 bridgehead atoms. The normalized spacial score (nSPS) is 14.4. The van der Waals surface area contributed by atoms with Crippen LogP contribution in [0.4, 0.5) is 0 Å². The molecule has 0 aliphatic carbocycles. The second-order valence-corrected chi connectivity index (χ2v) is 17.4. The van der Waals surface area contributed by atoms with E-state index in [9.17, 15) is 19.4 Å². The Kier molecular flexibility index (Phi) is 42.8. The van der Waals surface area contributed by atoms with E-state index in [-0.39, 0.29) is 25.7 Å². The highest BCUT2D eigenvalue weighted by Gasteiger charge is 2.26. The number of phosphoric ester groups is 1. The van der Waals surface area contributed by atoms with Gasteiger partial charge < -0.3 is 21.1 Å². The third kappa shape index (κ3) is 42.4. The Morgan fingerprint density at radius 3 is 1.44 bits per heavy atom. The highest BCUT2D eigenvalue weighted by Crippen LogP contribution is 2.43. The van der Waals surface area contributed by atoms with Crippen LogP contribution in [0.5, 0.6) is 0 Å². The summed E-state index contributed by atoms with van der Waals surface area (Å²) in [6, 6.07) is -0.869. The van der Waals surface area contributed by atoms with Gasteiger partial charge in [-0.2, -0.15) is 0 Å². The number of unbranched alkanes of at least 4 members (excludes halogenated alkanes) is 26. The fourth-order valence-electron chi connectivity index (χ4n) is 6.79. The van der Waals surface area contributed by atoms with Crippen molar-refractivity contribution in [2.24, 2.45) is 5.73 Å². The summed E-state index contributed by atoms with van der Waals surface area (Å²) < 4.78 is 22.2. The van der Waals surface area contributed by atoms with Crippen molar-refractivity contribution in [3.8, 4) is 0 Å². The van der Waals surface area contributed by atoms with Gasteiger partial charge in [0.05, 0.1) is 25.4 Å². The number of carbonyl (C=O) groups is 1. The number of nitrogens with one attached hydrogen (secondary N) is 1. The molecule has 0 aliphatic rings. The number of phosphoric acid groups is 1. The van der Waals surface area contributed by atoms with Crippen LogP contribution < -0.4 is 11.1 Å². The Morgan fingerprint density at radius 2 is 0.965 bits per heavy atom. The third-order valence-corrected chi connectivity index (χ3v) is 11.4. The number of allylic oxidation sites excluding steroid dienone is 7. The summed E-state index contributed by atoms with van der Waals surface area (Å²) in [7, 11) is -4.35. The summed E-state index contributed by atoms with van der Waals surface area (Å²) in [6.07, 6.45) is 54.4. The molecule has 0 radical (unpaired) electrons. The topological polar surface area (TPSA) is 131 Å². The molecule has 0 fully saturated rings. The van der Waals surface area contributed by atoms with E-state index in [1.807, 2.05) is 6.08 Å². The van der Waals surface area contributed by atoms with E-state index in [0.29, 0.717) is 6.42 Å². The predicted molar refractivity (Wildman–Crippen MR) is 244 cm³/mol. The SMILES string of the molecule is CCCCC/C=C\C/C=C\C/C=C\CCCCCCCCC(=O)NC(COP(=O)(O)OCCN)C(O)/C=C/CCCCCCCCCCCCCCCCCCC. The van der Waals surface area contributed by atoms with Crippen molar-refractivity contribution in [2.45, 2.75) is 231 Å². The Bertz CT molecular complexity index is 1030. The second kappa shape index (κ2) is 44.0. The molecular weight excluding hydrogens is 732 g/mol. The van der Waals surface area contributed by atoms with Crippen molar-refractivity contribution in [3.63, 3.8) is 0 Å². The molecule has 3 atom stereocenters. The molecule has 0 aliphatic heterocycles. The zero-order valence-electron chi connectivity index (χ0n) is 37.1. The van der Waals surface area contributed by atoms with Crippen LogP contribution in [0, 0.1) is 0 Å². The van der Waals surface area contributed by atoms with Gasteiger partial charge in [-0.3, -0.25) is 13.8 Å². The third-order valence-electron chi connectivity index (χ3n) is 10.4. The minimum atomic E-state index is -4.35. The first-order valence-corrected chi connectivity index (χ1v) is 25.3. The number of aliphatic hydroxyl groups excluding tert-OH is 1. The first kappa shape index (κ1) is 55.5. The minimum Gasteiger partial charge on any atom is -0.387 e. The van der Waals surface area contributed by atoms with Gasteiger partial charge >= 0.3 is 7.82 Å². The van der Waals surface area contributed by atoms with Crippen LogP contribution >= 0.6 is 7.82 Å². The number of aliphatic hydroxyl groups is 1. The van der Waals surface area contributed by atoms with Crippen molar-refractivity contribution in [1.29, 1.82) is 0 Å². The fraction of sp³-hybridized carbons (Fsp3) is 0.812. The van der Waals surface area contributed by atoms with Gasteiger partial charge in [0.15, 0.2) is 0 Å². The van der Waals surface area contributed by atoms with Crippen molar-refractivity contribution in [2.75, 3.05) is 19.8 Å². The molecule has 5 N–H and O–H groups in total. The number of nitrogens with two attached hydrogens (primary N) is 1. The Labute approximate surface area is 352 Å². The summed E-state index contributed by atoms with van der Waals surface area (Å²) >= 11 is 0. The molecule has 0 spiro atoms. The molecule has 0 aromatic rings. The smallest absolute Gasteiger partial charge is 0.387 e. The lowest BCUT2D eigenvalue weighted by Crippen LogP contribution is -2.45. The highest BCUT2D eigenvalue weighted by molar-refractivity contribution is 7.47. The quantitative estimate of drug-likeness (QED) is 0.0273. The van der Waals surface area contributed by atoms with Crippen LogP contribution in [0.2, 0.25) is 0 Å². The van der Waals surface area contributed by atoms with Crippen molar-refractivity contribution < 1.29 is 28.4 Å². The van der Waals surface area contributed by atoms with Gasteiger partial charge in [-0.25, -0.2) is 4.57 Å². The van der Waals surface area contributed by atoms with Gasteiger partial charge in [-0.1, -0.05) is 204 Å². The van der Waals surface area contributed by atoms with Gasteiger partial charge in [0.1, 0.15) is 0 Å². The average Bonchev–Trinajstić information content (AvgIpc) is 3.20. The van der Waals surface area contributed by atoms with E-state index < -0.39 is 20.0 Å². The molecule has 0 saturated heterocycles. The van der Waals surface area contributed by atoms with E-state index in [1.54, 1.807) is 6.08 Å². The van der Waals surface area contributed by atoms with Gasteiger partial charge in [0.25, 0.3) is 0 Å². The summed E-state index contributed by atoms with van der Waals surface area (Å²) in [4.78, 5) is 22.8. The number of hydrogen-bond acceptors (Lipinski definition) is 6. The van der Waals surface area contributed by atoms with Crippen LogP contribution in [0.25, 0.3) is 0 Å². The monoisotopic (exact) mass is 823 g/mol. The molecule has 8 nitrogen and oxygen atoms in total. The van der Waals surface area contributed by atoms with E-state index in [0.717, 1.165) is 64.2 Å². The predicted octanol–water partition coefficient (Wildman–Crippen LogP) is 13.7. The molecule has 0 heterocycles. The molecule has 9 heteroatoms. The van der Waals surface area contributed by atoms with Gasteiger partial charge in [0, 0.05) is 13.0 Å². The number of carbonyl (C=O) groups excluding carboxylic acids is 1. The Hall–Kier alpha value is -1.54. The molecule has 0 aromatic heterocycles. The van der Waals surface area contributed by atoms with Crippen LogP contribution in [-0.4, -0.2) is 47.8 Å². The second-order valence-electron chi connectivity index (χ2n) is 16.0. The van der Waals surface area contributed by atoms with Crippen LogP contribution in [0.3, 0.4) is 0 Å². The van der Waals surface area contributed by atoms with Crippen LogP contribution in [-0.2, 0) is 18.4 Å². The Morgan fingerprint density at radius 1 is 0.579 bits per heavy atom. The lowest BCUT2D eigenvalue weighted by molar-refractivity contribution is -0.123. The van der Waals surface area contributed by atoms with E-state index in [1.165, 1.54) is 135 Å². The van der Waals surface area contributed by atoms with Gasteiger partial charge in [-0.05, 0) is 57.8 Å². The maximum atomic E-state index is 12.8. The number of rotatable bonds is 44. The van der Waals surface area contributed by atoms with Gasteiger partial charge in [0.2, 0.25) is 5.91 Å². The van der Waals surface area contributed by atoms with Gasteiger partial charge in [-0.15, -0.1) is 0 Å². The average molecular weight is 823 g/mol. The van der Waals surface area contributed by atoms with Crippen LogP contribution in [0.15, 0.2) is 48.6 Å². The maximum Gasteiger partial charge on any atom is 0.472 e. The molecule has 0 aromatic carbocycles. The fourth-order valence-corrected chi connectivity index (χ4v) is 7.55. The lowest BCUT2D eigenvalue weighted by Gasteiger charge is -2.23. The van der Waals surface area contributed by atoms with E-state index >= 15 is 0 Å². The zero-order valence-corrected chi connectivity index (χ0v) is 38.0. The molecular formula is C48H91N2O6P. The number of amides is 1. The summed E-state index contributed by atoms with van der Waals surface area (Å²) in [6.45, 7) is 4.11. The summed E-state index contributed by atoms with van der Waals surface area (Å²) in [5, 5.41) is 13.7. The standard InChI is InChI=1S/C48H91N2O6P/c1-3-5-7-9-11-13-15-17-19-21-23-25-27-29-31-33-35-37-39-41-47(51)46(45-56-57(53,54)55-44-43-49)50-48(52)42-40-38-36-34-32-30-28-26-24-22-20-18-16-14-12-10-8-6-4-2/h12,14,18,20,24,26,39,41,46-47,51H,3-11,13,15-17,19,21-23,25,27-38,40,42-45,49H2,1-2H3,(H,50,52)(H,53,54)/b14-12-,20-18-,26-24-,41-39+. The molecule has 1 amide bonds. The first-order chi connectivity index (χ1) is 27.9. The van der Waals surface area contributed by atoms with Crippen molar-refractivity contribution in [1.82, 2.24) is 5.32 Å². The molecule has 0 saturated carbocycles. The largest absolute Gasteiger partial charge is 0.472 e. The molecule has 3 unspecified atom stereocenters. The van der Waals surface area contributed by atoms with Crippen molar-refractivity contribution in [3.05, 3.63) is 48.6 Å². The summed E-state index contributed by atoms with van der Waals surface area (Å²) in [5.41, 5.74) is 5.38. The summed E-state index contributed by atoms with van der Waals surface area (Å²) in [5.74, 6) is -0.206. The van der Waals surface area contributed by atoms with Crippen LogP contribution in [0.1, 0.15) is 219 Å². The lowest BCUT2D eigenvalue weighted by atomic mass is 10.0. The van der Waals surface area contributed by atoms with E-state index in [4.69, 9.17) is 14.8 Å². The first-order valence-electron chi connectivity index (χ1n) is 23.8. The zero-order chi connectivity index (χ0) is 41.8. The van der Waals surface area contributed by atoms with E-state index in [2.05, 4.69) is 55.6 Å². The molecule has 0 rings (SSSR count). The van der Waals surface area contributed by atoms with Crippen molar-refractivity contribution >= 4 is 13.7 Å². The Balaban J connectivity index is 4.20.